The van der Waals surface area contributed by atoms with Gasteiger partial charge in [0.05, 0.1) is 16.8 Å². The Morgan fingerprint density at radius 1 is 1.48 bits per heavy atom. The number of aromatic nitrogens is 1. The summed E-state index contributed by atoms with van der Waals surface area (Å²) in [5.74, 6) is 0. The van der Waals surface area contributed by atoms with Crippen molar-refractivity contribution in [3.05, 3.63) is 38.3 Å². The van der Waals surface area contributed by atoms with Crippen molar-refractivity contribution >= 4 is 38.9 Å². The molecule has 112 valence electrons. The monoisotopic (exact) mass is 384 g/mol. The molecule has 1 aromatic heterocycles. The number of nitrogens with one attached hydrogen (secondary N) is 1. The van der Waals surface area contributed by atoms with Crippen LogP contribution < -0.4 is 5.32 Å². The van der Waals surface area contributed by atoms with E-state index in [-0.39, 0.29) is 0 Å². The van der Waals surface area contributed by atoms with E-state index in [1.54, 1.807) is 0 Å². The van der Waals surface area contributed by atoms with Crippen LogP contribution in [-0.4, -0.2) is 11.5 Å². The smallest absolute Gasteiger partial charge is 0.123 e. The van der Waals surface area contributed by atoms with E-state index in [1.165, 1.54) is 23.4 Å². The van der Waals surface area contributed by atoms with E-state index in [1.807, 2.05) is 23.5 Å². The second-order valence-corrected chi connectivity index (χ2v) is 7.70. The topological polar surface area (TPSA) is 24.9 Å². The van der Waals surface area contributed by atoms with E-state index in [0.29, 0.717) is 6.04 Å². The molecule has 0 bridgehead atoms. The van der Waals surface area contributed by atoms with Gasteiger partial charge in [-0.05, 0) is 60.3 Å². The minimum Gasteiger partial charge on any atom is -0.309 e. The van der Waals surface area contributed by atoms with Crippen molar-refractivity contribution in [2.75, 3.05) is 6.54 Å². The van der Waals surface area contributed by atoms with Gasteiger partial charge in [0, 0.05) is 14.9 Å². The molecular formula is C16H18BrClN2S. The first kappa shape index (κ1) is 15.5. The highest BCUT2D eigenvalue weighted by atomic mass is 79.9. The van der Waals surface area contributed by atoms with E-state index >= 15 is 0 Å². The van der Waals surface area contributed by atoms with Crippen molar-refractivity contribution in [2.45, 2.75) is 38.6 Å². The van der Waals surface area contributed by atoms with Crippen LogP contribution in [0.3, 0.4) is 0 Å². The second-order valence-electron chi connectivity index (χ2n) is 5.36. The predicted molar refractivity (Wildman–Crippen MR) is 94.2 cm³/mol. The highest BCUT2D eigenvalue weighted by molar-refractivity contribution is 9.10. The van der Waals surface area contributed by atoms with Crippen LogP contribution in [0.5, 0.6) is 0 Å². The summed E-state index contributed by atoms with van der Waals surface area (Å²) in [6, 6.07) is 6.45. The molecule has 21 heavy (non-hydrogen) atoms. The predicted octanol–water partition coefficient (Wildman–Crippen LogP) is 5.60. The highest BCUT2D eigenvalue weighted by Crippen LogP contribution is 2.38. The van der Waals surface area contributed by atoms with Gasteiger partial charge in [0.25, 0.3) is 0 Å². The van der Waals surface area contributed by atoms with Crippen molar-refractivity contribution in [1.82, 2.24) is 10.3 Å². The average molecular weight is 386 g/mol. The van der Waals surface area contributed by atoms with Gasteiger partial charge in [-0.1, -0.05) is 24.6 Å². The molecule has 1 aliphatic rings. The fourth-order valence-corrected chi connectivity index (χ4v) is 4.35. The number of thiazole rings is 1. The van der Waals surface area contributed by atoms with Gasteiger partial charge >= 0.3 is 0 Å². The molecule has 1 unspecified atom stereocenters. The number of hydrogen-bond donors (Lipinski definition) is 1. The third-order valence-corrected chi connectivity index (χ3v) is 6.16. The van der Waals surface area contributed by atoms with Crippen LogP contribution >= 0.6 is 38.9 Å². The zero-order chi connectivity index (χ0) is 14.8. The van der Waals surface area contributed by atoms with E-state index in [0.717, 1.165) is 39.5 Å². The van der Waals surface area contributed by atoms with Crippen LogP contribution in [0.15, 0.2) is 22.7 Å². The van der Waals surface area contributed by atoms with Crippen molar-refractivity contribution < 1.29 is 0 Å². The maximum absolute atomic E-state index is 6.08. The molecule has 1 aromatic carbocycles. The highest BCUT2D eigenvalue weighted by Gasteiger charge is 2.24. The lowest BCUT2D eigenvalue weighted by Crippen LogP contribution is -2.25. The Balaban J connectivity index is 1.91. The van der Waals surface area contributed by atoms with Crippen LogP contribution in [0.25, 0.3) is 10.6 Å². The van der Waals surface area contributed by atoms with Gasteiger partial charge in [0.2, 0.25) is 0 Å². The van der Waals surface area contributed by atoms with Crippen LogP contribution in [0.2, 0.25) is 5.02 Å². The van der Waals surface area contributed by atoms with Gasteiger partial charge in [-0.15, -0.1) is 11.3 Å². The number of hydrogen-bond acceptors (Lipinski definition) is 3. The molecule has 0 amide bonds. The molecule has 1 atom stereocenters. The SMILES string of the molecule is CCCNC1CCCc2sc(-c3ccc(Cl)c(Br)c3)nc21. The molecule has 5 heteroatoms. The molecule has 1 heterocycles. The van der Waals surface area contributed by atoms with Crippen LogP contribution in [0.4, 0.5) is 0 Å². The second kappa shape index (κ2) is 6.78. The van der Waals surface area contributed by atoms with Crippen molar-refractivity contribution in [3.63, 3.8) is 0 Å². The average Bonchev–Trinajstić information content (AvgIpc) is 2.92. The van der Waals surface area contributed by atoms with Crippen LogP contribution in [0, 0.1) is 0 Å². The molecule has 3 rings (SSSR count). The largest absolute Gasteiger partial charge is 0.309 e. The Bertz CT molecular complexity index is 641. The van der Waals surface area contributed by atoms with Crippen molar-refractivity contribution in [3.8, 4) is 10.6 Å². The Kier molecular flexibility index (Phi) is 4.99. The first-order chi connectivity index (χ1) is 10.2. The Hall–Kier alpha value is -0.420. The fraction of sp³-hybridized carbons (Fsp3) is 0.438. The number of fused-ring (bicyclic) bond motifs is 1. The van der Waals surface area contributed by atoms with Gasteiger partial charge in [-0.3, -0.25) is 0 Å². The van der Waals surface area contributed by atoms with E-state index in [4.69, 9.17) is 16.6 Å². The van der Waals surface area contributed by atoms with Gasteiger partial charge in [0.1, 0.15) is 5.01 Å². The standard InChI is InChI=1S/C16H18BrClN2S/c1-2-8-19-13-4-3-5-14-15(13)20-16(21-14)10-6-7-12(18)11(17)9-10/h6-7,9,13,19H,2-5,8H2,1H3. The maximum atomic E-state index is 6.08. The number of aryl methyl sites for hydroxylation is 1. The molecule has 2 nitrogen and oxygen atoms in total. The molecule has 2 aromatic rings. The molecule has 0 radical (unpaired) electrons. The molecular weight excluding hydrogens is 368 g/mol. The Morgan fingerprint density at radius 3 is 3.10 bits per heavy atom. The summed E-state index contributed by atoms with van der Waals surface area (Å²) in [6.07, 6.45) is 4.76. The van der Waals surface area contributed by atoms with E-state index in [9.17, 15) is 0 Å². The summed E-state index contributed by atoms with van der Waals surface area (Å²) < 4.78 is 0.926. The minimum absolute atomic E-state index is 0.425. The summed E-state index contributed by atoms with van der Waals surface area (Å²) in [7, 11) is 0. The quantitative estimate of drug-likeness (QED) is 0.740. The molecule has 1 N–H and O–H groups in total. The van der Waals surface area contributed by atoms with Crippen molar-refractivity contribution in [2.24, 2.45) is 0 Å². The van der Waals surface area contributed by atoms with Gasteiger partial charge < -0.3 is 5.32 Å². The summed E-state index contributed by atoms with van der Waals surface area (Å²) in [4.78, 5) is 6.36. The lowest BCUT2D eigenvalue weighted by atomic mass is 9.97. The minimum atomic E-state index is 0.425. The number of halogens is 2. The molecule has 1 aliphatic carbocycles. The van der Waals surface area contributed by atoms with E-state index in [2.05, 4.69) is 34.2 Å². The van der Waals surface area contributed by atoms with Crippen LogP contribution in [0.1, 0.15) is 42.8 Å². The zero-order valence-electron chi connectivity index (χ0n) is 12.0. The number of nitrogens with zero attached hydrogens (tertiary/aromatic N) is 1. The summed E-state index contributed by atoms with van der Waals surface area (Å²) in [5.41, 5.74) is 2.40. The normalized spacial score (nSPS) is 17.8. The first-order valence-corrected chi connectivity index (χ1v) is 9.36. The lowest BCUT2D eigenvalue weighted by molar-refractivity contribution is 0.454. The maximum Gasteiger partial charge on any atom is 0.123 e. The number of rotatable bonds is 4. The van der Waals surface area contributed by atoms with Crippen LogP contribution in [-0.2, 0) is 6.42 Å². The molecule has 0 saturated carbocycles. The summed E-state index contributed by atoms with van der Waals surface area (Å²) in [6.45, 7) is 3.26. The molecule has 0 spiro atoms. The first-order valence-electron chi connectivity index (χ1n) is 7.37. The number of benzene rings is 1. The Labute approximate surface area is 143 Å². The fourth-order valence-electron chi connectivity index (χ4n) is 2.69. The molecule has 0 aliphatic heterocycles. The van der Waals surface area contributed by atoms with Crippen molar-refractivity contribution in [1.29, 1.82) is 0 Å². The summed E-state index contributed by atoms with van der Waals surface area (Å²) in [5, 5.41) is 5.46. The van der Waals surface area contributed by atoms with E-state index < -0.39 is 0 Å². The van der Waals surface area contributed by atoms with Gasteiger partial charge in [-0.2, -0.15) is 0 Å². The summed E-state index contributed by atoms with van der Waals surface area (Å²) >= 11 is 11.4. The van der Waals surface area contributed by atoms with Gasteiger partial charge in [-0.25, -0.2) is 4.98 Å². The van der Waals surface area contributed by atoms with Gasteiger partial charge in [0.15, 0.2) is 0 Å². The lowest BCUT2D eigenvalue weighted by Gasteiger charge is -2.22. The third-order valence-electron chi connectivity index (χ3n) is 3.76. The molecule has 0 fully saturated rings. The Morgan fingerprint density at radius 2 is 2.33 bits per heavy atom. The third kappa shape index (κ3) is 3.34. The zero-order valence-corrected chi connectivity index (χ0v) is 15.1. The molecule has 0 saturated heterocycles.